The highest BCUT2D eigenvalue weighted by Crippen LogP contribution is 2.12. The van der Waals surface area contributed by atoms with Crippen LogP contribution in [0.4, 0.5) is 4.79 Å². The molecule has 0 saturated heterocycles. The number of benzene rings is 4. The van der Waals surface area contributed by atoms with E-state index >= 15 is 0 Å². The molecule has 0 aliphatic rings. The summed E-state index contributed by atoms with van der Waals surface area (Å²) in [6.45, 7) is 8.64. The van der Waals surface area contributed by atoms with E-state index in [0.29, 0.717) is 26.4 Å². The van der Waals surface area contributed by atoms with E-state index in [0.717, 1.165) is 22.3 Å². The van der Waals surface area contributed by atoms with Crippen LogP contribution >= 0.6 is 0 Å². The van der Waals surface area contributed by atoms with Gasteiger partial charge in [-0.1, -0.05) is 121 Å². The van der Waals surface area contributed by atoms with Crippen molar-refractivity contribution in [1.29, 1.82) is 0 Å². The van der Waals surface area contributed by atoms with Gasteiger partial charge in [-0.05, 0) is 43.0 Å². The quantitative estimate of drug-likeness (QED) is 0.0366. The highest BCUT2D eigenvalue weighted by molar-refractivity contribution is 5.67. The Balaban J connectivity index is 1.34. The molecular formula is C49H68N2O12. The van der Waals surface area contributed by atoms with Gasteiger partial charge in [-0.2, -0.15) is 0 Å². The largest absolute Gasteiger partial charge is 0.444 e. The number of hydrogen-bond acceptors (Lipinski definition) is 13. The van der Waals surface area contributed by atoms with Crippen LogP contribution < -0.4 is 11.1 Å². The smallest absolute Gasteiger partial charge is 0.409 e. The maximum Gasteiger partial charge on any atom is 0.409 e. The van der Waals surface area contributed by atoms with Gasteiger partial charge >= 0.3 is 6.09 Å². The Morgan fingerprint density at radius 2 is 0.778 bits per heavy atom. The molecule has 0 heterocycles. The minimum absolute atomic E-state index is 0.0535. The molecule has 0 aromatic heterocycles. The highest BCUT2D eigenvalue weighted by atomic mass is 16.6. The van der Waals surface area contributed by atoms with Crippen LogP contribution in [-0.4, -0.2) is 120 Å². The predicted octanol–water partition coefficient (Wildman–Crippen LogP) is 6.21. The van der Waals surface area contributed by atoms with Gasteiger partial charge in [0, 0.05) is 6.54 Å². The molecule has 4 aromatic rings. The summed E-state index contributed by atoms with van der Waals surface area (Å²) in [6.07, 6.45) is -3.07. The monoisotopic (exact) mass is 876 g/mol. The zero-order chi connectivity index (χ0) is 44.8. The third-order valence-corrected chi connectivity index (χ3v) is 9.04. The second kappa shape index (κ2) is 30.7. The fourth-order valence-electron chi connectivity index (χ4n) is 5.74. The van der Waals surface area contributed by atoms with E-state index < -0.39 is 42.2 Å². The highest BCUT2D eigenvalue weighted by Gasteiger charge is 2.20. The Hall–Kier alpha value is -4.29. The lowest BCUT2D eigenvalue weighted by Gasteiger charge is -2.24. The summed E-state index contributed by atoms with van der Waals surface area (Å²) in [4.78, 5) is 12.1. The molecule has 4 N–H and O–H groups in total. The summed E-state index contributed by atoms with van der Waals surface area (Å²) in [6, 6.07) is 39.5. The Morgan fingerprint density at radius 3 is 1.06 bits per heavy atom. The minimum atomic E-state index is -0.761. The topological polar surface area (TPSA) is 168 Å². The van der Waals surface area contributed by atoms with Gasteiger partial charge in [0.1, 0.15) is 36.7 Å². The Labute approximate surface area is 373 Å². The number of rotatable bonds is 33. The van der Waals surface area contributed by atoms with Gasteiger partial charge in [0.05, 0.1) is 92.0 Å². The summed E-state index contributed by atoms with van der Waals surface area (Å²) in [5.41, 5.74) is 9.00. The molecule has 1 amide bonds. The lowest BCUT2D eigenvalue weighted by molar-refractivity contribution is -0.123. The molecule has 0 bridgehead atoms. The van der Waals surface area contributed by atoms with Crippen molar-refractivity contribution in [2.75, 3.05) is 72.7 Å². The van der Waals surface area contributed by atoms with E-state index in [2.05, 4.69) is 5.32 Å². The van der Waals surface area contributed by atoms with Crippen molar-refractivity contribution < 1.29 is 57.3 Å². The van der Waals surface area contributed by atoms with Gasteiger partial charge < -0.3 is 58.2 Å². The first-order valence-corrected chi connectivity index (χ1v) is 21.5. The van der Waals surface area contributed by atoms with Crippen LogP contribution in [0.25, 0.3) is 0 Å². The molecule has 14 nitrogen and oxygen atoms in total. The average molecular weight is 877 g/mol. The molecule has 4 aromatic carbocycles. The fourth-order valence-corrected chi connectivity index (χ4v) is 5.74. The number of amides is 1. The summed E-state index contributed by atoms with van der Waals surface area (Å²) >= 11 is 0. The summed E-state index contributed by atoms with van der Waals surface area (Å²) in [7, 11) is 0. The number of nitrogens with two attached hydrogens (primary N) is 1. The zero-order valence-electron chi connectivity index (χ0n) is 37.1. The average Bonchev–Trinajstić information content (AvgIpc) is 3.29. The van der Waals surface area contributed by atoms with E-state index in [1.54, 1.807) is 20.8 Å². The van der Waals surface area contributed by atoms with Gasteiger partial charge in [0.15, 0.2) is 0 Å². The number of carbonyl (C=O) groups is 1. The molecule has 0 aliphatic carbocycles. The maximum atomic E-state index is 12.1. The molecule has 5 unspecified atom stereocenters. The van der Waals surface area contributed by atoms with Gasteiger partial charge in [-0.15, -0.1) is 0 Å². The summed E-state index contributed by atoms with van der Waals surface area (Å²) in [5.74, 6) is 0. The molecule has 4 rings (SSSR count). The number of alkyl carbamates (subject to hydrolysis) is 1. The number of aliphatic hydroxyl groups is 1. The Kier molecular flexibility index (Phi) is 25.0. The number of carbonyl (C=O) groups excluding carboxylic acids is 1. The molecule has 0 saturated carbocycles. The molecule has 0 fully saturated rings. The SMILES string of the molecule is CC(C)(C)OC(=O)NCOCC(COCC(COCC(COCC(COCC(O)CN)OCc1ccccc1)OCc1ccccc1)OCc1ccccc1)OCc1ccccc1. The molecule has 14 heteroatoms. The van der Waals surface area contributed by atoms with Gasteiger partial charge in [-0.25, -0.2) is 4.79 Å². The van der Waals surface area contributed by atoms with Gasteiger partial charge in [0.2, 0.25) is 0 Å². The van der Waals surface area contributed by atoms with E-state index in [1.165, 1.54) is 0 Å². The number of aliphatic hydroxyl groups excluding tert-OH is 1. The van der Waals surface area contributed by atoms with Gasteiger partial charge in [-0.3, -0.25) is 5.32 Å². The van der Waals surface area contributed by atoms with Crippen molar-refractivity contribution in [3.05, 3.63) is 144 Å². The number of nitrogens with one attached hydrogen (secondary N) is 1. The molecule has 5 atom stereocenters. The van der Waals surface area contributed by atoms with Crippen LogP contribution in [0, 0.1) is 0 Å². The normalized spacial score (nSPS) is 14.1. The van der Waals surface area contributed by atoms with Crippen LogP contribution in [0.5, 0.6) is 0 Å². The lowest BCUT2D eigenvalue weighted by Crippen LogP contribution is -2.36. The van der Waals surface area contributed by atoms with Crippen molar-refractivity contribution in [3.63, 3.8) is 0 Å². The standard InChI is InChI=1S/C49H68N2O12/c1-49(2,3)63-48(53)51-38-58-37-47(62-28-42-22-14-7-15-23-42)36-57-35-46(61-27-41-20-12-6-13-21-41)34-56-33-45(60-26-40-18-10-5-11-19-40)32-55-31-44(30-54-29-43(52)24-50)59-25-39-16-8-4-9-17-39/h4-23,43-47,52H,24-38,50H2,1-3H3,(H,51,53). The first-order chi connectivity index (χ1) is 30.6. The Bertz CT molecular complexity index is 1720. The fraction of sp³-hybridized carbons (Fsp3) is 0.490. The molecule has 0 radical (unpaired) electrons. The molecule has 0 spiro atoms. The third-order valence-electron chi connectivity index (χ3n) is 9.04. The number of ether oxygens (including phenoxy) is 10. The third kappa shape index (κ3) is 24.4. The molecule has 0 aliphatic heterocycles. The van der Waals surface area contributed by atoms with E-state index in [1.807, 2.05) is 121 Å². The first-order valence-electron chi connectivity index (χ1n) is 21.5. The van der Waals surface area contributed by atoms with Crippen molar-refractivity contribution in [2.24, 2.45) is 5.73 Å². The minimum Gasteiger partial charge on any atom is -0.444 e. The lowest BCUT2D eigenvalue weighted by atomic mass is 10.2. The van der Waals surface area contributed by atoms with Crippen LogP contribution in [0.1, 0.15) is 43.0 Å². The van der Waals surface area contributed by atoms with Crippen molar-refractivity contribution in [2.45, 2.75) is 83.3 Å². The second-order valence-corrected chi connectivity index (χ2v) is 15.9. The van der Waals surface area contributed by atoms with Crippen LogP contribution in [0.2, 0.25) is 0 Å². The van der Waals surface area contributed by atoms with Crippen LogP contribution in [-0.2, 0) is 73.8 Å². The van der Waals surface area contributed by atoms with Crippen molar-refractivity contribution >= 4 is 6.09 Å². The van der Waals surface area contributed by atoms with Crippen LogP contribution in [0.15, 0.2) is 121 Å². The maximum absolute atomic E-state index is 12.1. The molecule has 346 valence electrons. The summed E-state index contributed by atoms with van der Waals surface area (Å²) in [5, 5.41) is 12.5. The van der Waals surface area contributed by atoms with Gasteiger partial charge in [0.25, 0.3) is 0 Å². The summed E-state index contributed by atoms with van der Waals surface area (Å²) < 4.78 is 60.5. The Morgan fingerprint density at radius 1 is 0.492 bits per heavy atom. The van der Waals surface area contributed by atoms with E-state index in [4.69, 9.17) is 53.1 Å². The molecular weight excluding hydrogens is 809 g/mol. The van der Waals surface area contributed by atoms with E-state index in [9.17, 15) is 9.90 Å². The molecule has 63 heavy (non-hydrogen) atoms. The first kappa shape index (κ1) is 51.3. The number of hydrogen-bond donors (Lipinski definition) is 3. The van der Waals surface area contributed by atoms with E-state index in [-0.39, 0.29) is 72.7 Å². The van der Waals surface area contributed by atoms with Crippen LogP contribution in [0.3, 0.4) is 0 Å². The second-order valence-electron chi connectivity index (χ2n) is 15.9. The predicted molar refractivity (Wildman–Crippen MR) is 239 cm³/mol. The van der Waals surface area contributed by atoms with Crippen molar-refractivity contribution in [1.82, 2.24) is 5.32 Å². The van der Waals surface area contributed by atoms with Crippen molar-refractivity contribution in [3.8, 4) is 0 Å². The zero-order valence-corrected chi connectivity index (χ0v) is 37.1.